The Morgan fingerprint density at radius 3 is 2.78 bits per heavy atom. The van der Waals surface area contributed by atoms with Gasteiger partial charge >= 0.3 is 5.97 Å². The average Bonchev–Trinajstić information content (AvgIpc) is 2.34. The summed E-state index contributed by atoms with van der Waals surface area (Å²) in [6, 6.07) is 5.44. The van der Waals surface area contributed by atoms with Gasteiger partial charge in [-0.15, -0.1) is 0 Å². The van der Waals surface area contributed by atoms with Crippen LogP contribution in [0.2, 0.25) is 5.02 Å². The second-order valence-electron chi connectivity index (χ2n) is 3.12. The number of nitro groups is 1. The summed E-state index contributed by atoms with van der Waals surface area (Å²) in [5.74, 6) is -0.869. The summed E-state index contributed by atoms with van der Waals surface area (Å²) in [4.78, 5) is 21.3. The first kappa shape index (κ1) is 13.7. The lowest BCUT2D eigenvalue weighted by atomic mass is 10.1. The second kappa shape index (κ2) is 5.80. The van der Waals surface area contributed by atoms with Crippen LogP contribution in [-0.4, -0.2) is 18.0 Å². The van der Waals surface area contributed by atoms with E-state index in [0.717, 1.165) is 13.2 Å². The number of hydrogen-bond acceptors (Lipinski definition) is 5. The third-order valence-corrected chi connectivity index (χ3v) is 2.25. The van der Waals surface area contributed by atoms with Gasteiger partial charge in [0.15, 0.2) is 0 Å². The van der Waals surface area contributed by atoms with Crippen molar-refractivity contribution in [2.45, 2.75) is 0 Å². The van der Waals surface area contributed by atoms with Gasteiger partial charge in [0, 0.05) is 11.1 Å². The van der Waals surface area contributed by atoms with E-state index in [-0.39, 0.29) is 21.8 Å². The van der Waals surface area contributed by atoms with Crippen molar-refractivity contribution >= 4 is 29.3 Å². The fourth-order valence-corrected chi connectivity index (χ4v) is 1.39. The molecule has 0 radical (unpaired) electrons. The highest BCUT2D eigenvalue weighted by molar-refractivity contribution is 6.30. The maximum absolute atomic E-state index is 11.2. The van der Waals surface area contributed by atoms with E-state index in [1.165, 1.54) is 18.2 Å². The molecule has 0 N–H and O–H groups in total. The van der Waals surface area contributed by atoms with Crippen molar-refractivity contribution < 1.29 is 14.5 Å². The predicted octanol–water partition coefficient (Wildman–Crippen LogP) is 2.33. The molecule has 0 fully saturated rings. The molecule has 0 spiro atoms. The standard InChI is InChI=1S/C11H7ClN2O4/c1-18-11(15)8(6-13)4-7-5-9(12)2-3-10(7)14(16)17/h2-5H,1H3/b8-4-. The first-order chi connectivity index (χ1) is 8.49. The number of ether oxygens (including phenoxy) is 1. The van der Waals surface area contributed by atoms with Crippen LogP contribution in [0.1, 0.15) is 5.56 Å². The van der Waals surface area contributed by atoms with E-state index >= 15 is 0 Å². The molecule has 0 aliphatic rings. The summed E-state index contributed by atoms with van der Waals surface area (Å²) < 4.78 is 4.37. The van der Waals surface area contributed by atoms with Gasteiger partial charge in [-0.1, -0.05) is 11.6 Å². The molecule has 0 aliphatic heterocycles. The first-order valence-electron chi connectivity index (χ1n) is 4.63. The maximum atomic E-state index is 11.2. The van der Waals surface area contributed by atoms with E-state index in [2.05, 4.69) is 4.74 Å². The molecule has 0 saturated carbocycles. The Balaban J connectivity index is 3.36. The molecule has 0 atom stereocenters. The number of esters is 1. The minimum absolute atomic E-state index is 0.0643. The first-order valence-corrected chi connectivity index (χ1v) is 5.01. The average molecular weight is 267 g/mol. The summed E-state index contributed by atoms with van der Waals surface area (Å²) in [7, 11) is 1.11. The minimum Gasteiger partial charge on any atom is -0.465 e. The third kappa shape index (κ3) is 3.06. The third-order valence-electron chi connectivity index (χ3n) is 2.01. The van der Waals surface area contributed by atoms with Gasteiger partial charge in [-0.05, 0) is 18.2 Å². The summed E-state index contributed by atoms with van der Waals surface area (Å²) >= 11 is 5.71. The molecule has 6 nitrogen and oxygen atoms in total. The molecule has 0 aliphatic carbocycles. The van der Waals surface area contributed by atoms with Crippen molar-refractivity contribution in [3.05, 3.63) is 44.5 Å². The summed E-state index contributed by atoms with van der Waals surface area (Å²) in [5, 5.41) is 19.8. The van der Waals surface area contributed by atoms with Crippen molar-refractivity contribution in [3.8, 4) is 6.07 Å². The molecular weight excluding hydrogens is 260 g/mol. The van der Waals surface area contributed by atoms with Crippen LogP contribution in [-0.2, 0) is 9.53 Å². The van der Waals surface area contributed by atoms with Crippen molar-refractivity contribution in [3.63, 3.8) is 0 Å². The highest BCUT2D eigenvalue weighted by Crippen LogP contribution is 2.25. The lowest BCUT2D eigenvalue weighted by molar-refractivity contribution is -0.385. The number of carbonyl (C=O) groups is 1. The topological polar surface area (TPSA) is 93.2 Å². The van der Waals surface area contributed by atoms with E-state index in [9.17, 15) is 14.9 Å². The summed E-state index contributed by atoms with van der Waals surface area (Å²) in [6.45, 7) is 0. The van der Waals surface area contributed by atoms with Crippen LogP contribution in [0.15, 0.2) is 23.8 Å². The van der Waals surface area contributed by atoms with Gasteiger partial charge in [0.05, 0.1) is 17.6 Å². The number of carbonyl (C=O) groups excluding carboxylic acids is 1. The molecule has 18 heavy (non-hydrogen) atoms. The molecule has 92 valence electrons. The van der Waals surface area contributed by atoms with E-state index < -0.39 is 10.9 Å². The number of benzene rings is 1. The van der Waals surface area contributed by atoms with E-state index in [4.69, 9.17) is 16.9 Å². The molecule has 1 aromatic carbocycles. The Morgan fingerprint density at radius 2 is 2.28 bits per heavy atom. The summed E-state index contributed by atoms with van der Waals surface area (Å²) in [6.07, 6.45) is 1.07. The van der Waals surface area contributed by atoms with Gasteiger partial charge in [-0.2, -0.15) is 5.26 Å². The van der Waals surface area contributed by atoms with Gasteiger partial charge in [0.2, 0.25) is 0 Å². The van der Waals surface area contributed by atoms with Gasteiger partial charge in [0.1, 0.15) is 11.6 Å². The Labute approximate surface area is 107 Å². The van der Waals surface area contributed by atoms with Crippen molar-refractivity contribution in [2.75, 3.05) is 7.11 Å². The SMILES string of the molecule is COC(=O)/C(C#N)=C\c1cc(Cl)ccc1[N+](=O)[O-]. The Morgan fingerprint density at radius 1 is 1.61 bits per heavy atom. The van der Waals surface area contributed by atoms with Crippen LogP contribution < -0.4 is 0 Å². The number of nitrogens with zero attached hydrogens (tertiary/aromatic N) is 2. The van der Waals surface area contributed by atoms with E-state index in [1.54, 1.807) is 6.07 Å². The van der Waals surface area contributed by atoms with Crippen LogP contribution in [0.5, 0.6) is 0 Å². The Kier molecular flexibility index (Phi) is 4.40. The molecule has 0 saturated heterocycles. The van der Waals surface area contributed by atoms with Gasteiger partial charge in [-0.25, -0.2) is 4.79 Å². The molecule has 0 bridgehead atoms. The molecular formula is C11H7ClN2O4. The molecule has 7 heteroatoms. The van der Waals surface area contributed by atoms with Gasteiger partial charge in [0.25, 0.3) is 5.69 Å². The van der Waals surface area contributed by atoms with Gasteiger partial charge in [-0.3, -0.25) is 10.1 Å². The molecule has 1 aromatic rings. The lowest BCUT2D eigenvalue weighted by Crippen LogP contribution is -2.03. The number of methoxy groups -OCH3 is 1. The quantitative estimate of drug-likeness (QED) is 0.275. The lowest BCUT2D eigenvalue weighted by Gasteiger charge is -2.00. The van der Waals surface area contributed by atoms with Crippen LogP contribution in [0.4, 0.5) is 5.69 Å². The maximum Gasteiger partial charge on any atom is 0.348 e. The number of rotatable bonds is 3. The number of nitriles is 1. The zero-order chi connectivity index (χ0) is 13.7. The molecule has 0 amide bonds. The fourth-order valence-electron chi connectivity index (χ4n) is 1.21. The molecule has 0 heterocycles. The largest absolute Gasteiger partial charge is 0.465 e. The minimum atomic E-state index is -0.869. The normalized spacial score (nSPS) is 10.6. The predicted molar refractivity (Wildman–Crippen MR) is 63.7 cm³/mol. The zero-order valence-corrected chi connectivity index (χ0v) is 9.97. The molecule has 0 aromatic heterocycles. The van der Waals surface area contributed by atoms with Gasteiger partial charge < -0.3 is 4.74 Å². The van der Waals surface area contributed by atoms with E-state index in [1.807, 2.05) is 0 Å². The highest BCUT2D eigenvalue weighted by atomic mass is 35.5. The van der Waals surface area contributed by atoms with Crippen LogP contribution >= 0.6 is 11.6 Å². The van der Waals surface area contributed by atoms with E-state index in [0.29, 0.717) is 0 Å². The second-order valence-corrected chi connectivity index (χ2v) is 3.56. The van der Waals surface area contributed by atoms with Crippen LogP contribution in [0.3, 0.4) is 0 Å². The monoisotopic (exact) mass is 266 g/mol. The Hall–Kier alpha value is -2.39. The number of nitro benzene ring substituents is 1. The zero-order valence-electron chi connectivity index (χ0n) is 9.21. The number of halogens is 1. The highest BCUT2D eigenvalue weighted by Gasteiger charge is 2.16. The Bertz CT molecular complexity index is 575. The van der Waals surface area contributed by atoms with Crippen molar-refractivity contribution in [1.29, 1.82) is 5.26 Å². The fraction of sp³-hybridized carbons (Fsp3) is 0.0909. The molecule has 0 unspecified atom stereocenters. The molecule has 1 rings (SSSR count). The smallest absolute Gasteiger partial charge is 0.348 e. The van der Waals surface area contributed by atoms with Crippen molar-refractivity contribution in [2.24, 2.45) is 0 Å². The van der Waals surface area contributed by atoms with Crippen molar-refractivity contribution in [1.82, 2.24) is 0 Å². The number of hydrogen-bond donors (Lipinski definition) is 0. The van der Waals surface area contributed by atoms with Crippen LogP contribution in [0.25, 0.3) is 6.08 Å². The summed E-state index contributed by atoms with van der Waals surface area (Å²) in [5.41, 5.74) is -0.534. The van der Waals surface area contributed by atoms with Crippen LogP contribution in [0, 0.1) is 21.4 Å².